The fourth-order valence-corrected chi connectivity index (χ4v) is 3.60. The summed E-state index contributed by atoms with van der Waals surface area (Å²) in [5.41, 5.74) is 1.73. The molecular formula is C13H17N3O2S. The molecule has 0 saturated carbocycles. The van der Waals surface area contributed by atoms with Crippen LogP contribution >= 0.6 is 0 Å². The molecule has 1 fully saturated rings. The third-order valence-electron chi connectivity index (χ3n) is 3.15. The minimum absolute atomic E-state index is 0.280. The van der Waals surface area contributed by atoms with E-state index in [1.54, 1.807) is 16.4 Å². The van der Waals surface area contributed by atoms with E-state index in [-0.39, 0.29) is 5.75 Å². The SMILES string of the molecule is N#Cc1ccc(CNCCN2CCCS2(=O)=O)cc1. The van der Waals surface area contributed by atoms with Gasteiger partial charge in [0.2, 0.25) is 10.0 Å². The number of nitrogens with one attached hydrogen (secondary N) is 1. The van der Waals surface area contributed by atoms with Crippen molar-refractivity contribution in [2.75, 3.05) is 25.4 Å². The first-order valence-electron chi connectivity index (χ1n) is 6.29. The number of hydrogen-bond acceptors (Lipinski definition) is 4. The van der Waals surface area contributed by atoms with Gasteiger partial charge in [-0.05, 0) is 24.1 Å². The van der Waals surface area contributed by atoms with Crippen molar-refractivity contribution < 1.29 is 8.42 Å². The summed E-state index contributed by atoms with van der Waals surface area (Å²) in [6.45, 7) is 2.48. The van der Waals surface area contributed by atoms with Crippen LogP contribution < -0.4 is 5.32 Å². The third kappa shape index (κ3) is 3.77. The van der Waals surface area contributed by atoms with Crippen LogP contribution in [0.1, 0.15) is 17.5 Å². The Morgan fingerprint density at radius 1 is 1.32 bits per heavy atom. The van der Waals surface area contributed by atoms with Crippen molar-refractivity contribution in [1.82, 2.24) is 9.62 Å². The van der Waals surface area contributed by atoms with Crippen LogP contribution in [-0.2, 0) is 16.6 Å². The van der Waals surface area contributed by atoms with E-state index in [9.17, 15) is 8.42 Å². The lowest BCUT2D eigenvalue weighted by atomic mass is 10.1. The van der Waals surface area contributed by atoms with Crippen LogP contribution in [0, 0.1) is 11.3 Å². The molecule has 1 aliphatic heterocycles. The van der Waals surface area contributed by atoms with E-state index in [2.05, 4.69) is 11.4 Å². The van der Waals surface area contributed by atoms with Gasteiger partial charge >= 0.3 is 0 Å². The van der Waals surface area contributed by atoms with Crippen LogP contribution in [0.2, 0.25) is 0 Å². The second kappa shape index (κ2) is 6.15. The Kier molecular flexibility index (Phi) is 4.53. The Morgan fingerprint density at radius 2 is 2.05 bits per heavy atom. The molecular weight excluding hydrogens is 262 g/mol. The van der Waals surface area contributed by atoms with Gasteiger partial charge in [-0.2, -0.15) is 5.26 Å². The van der Waals surface area contributed by atoms with Crippen LogP contribution in [0.4, 0.5) is 0 Å². The number of nitriles is 1. The first-order chi connectivity index (χ1) is 9.12. The van der Waals surface area contributed by atoms with Gasteiger partial charge in [0, 0.05) is 26.2 Å². The second-order valence-electron chi connectivity index (χ2n) is 4.55. The summed E-state index contributed by atoms with van der Waals surface area (Å²) >= 11 is 0. The van der Waals surface area contributed by atoms with Gasteiger partial charge in [0.25, 0.3) is 0 Å². The quantitative estimate of drug-likeness (QED) is 0.805. The molecule has 6 heteroatoms. The van der Waals surface area contributed by atoms with Gasteiger partial charge < -0.3 is 5.32 Å². The number of nitrogens with zero attached hydrogens (tertiary/aromatic N) is 2. The lowest BCUT2D eigenvalue weighted by Gasteiger charge is -2.14. The van der Waals surface area contributed by atoms with E-state index >= 15 is 0 Å². The van der Waals surface area contributed by atoms with Gasteiger partial charge in [-0.25, -0.2) is 12.7 Å². The fraction of sp³-hybridized carbons (Fsp3) is 0.462. The Hall–Kier alpha value is -1.42. The number of hydrogen-bond donors (Lipinski definition) is 1. The molecule has 19 heavy (non-hydrogen) atoms. The number of rotatable bonds is 5. The molecule has 0 amide bonds. The van der Waals surface area contributed by atoms with E-state index in [1.807, 2.05) is 12.1 Å². The largest absolute Gasteiger partial charge is 0.311 e. The Bertz CT molecular complexity index is 561. The monoisotopic (exact) mass is 279 g/mol. The topological polar surface area (TPSA) is 73.2 Å². The van der Waals surface area contributed by atoms with E-state index < -0.39 is 10.0 Å². The van der Waals surface area contributed by atoms with Crippen molar-refractivity contribution >= 4 is 10.0 Å². The summed E-state index contributed by atoms with van der Waals surface area (Å²) in [6, 6.07) is 9.44. The van der Waals surface area contributed by atoms with Crippen LogP contribution in [0.5, 0.6) is 0 Å². The van der Waals surface area contributed by atoms with Crippen molar-refractivity contribution in [3.05, 3.63) is 35.4 Å². The predicted octanol–water partition coefficient (Wildman–Crippen LogP) is 0.683. The van der Waals surface area contributed by atoms with Crippen LogP contribution in [-0.4, -0.2) is 38.1 Å². The molecule has 0 radical (unpaired) electrons. The Labute approximate surface area is 113 Å². The summed E-state index contributed by atoms with van der Waals surface area (Å²) in [5, 5.41) is 11.9. The molecule has 5 nitrogen and oxygen atoms in total. The van der Waals surface area contributed by atoms with Crippen molar-refractivity contribution in [2.24, 2.45) is 0 Å². The normalized spacial score (nSPS) is 18.3. The fourth-order valence-electron chi connectivity index (χ4n) is 2.08. The number of benzene rings is 1. The van der Waals surface area contributed by atoms with E-state index in [4.69, 9.17) is 5.26 Å². The summed E-state index contributed by atoms with van der Waals surface area (Å²) < 4.78 is 24.7. The predicted molar refractivity (Wildman–Crippen MR) is 72.8 cm³/mol. The Morgan fingerprint density at radius 3 is 2.63 bits per heavy atom. The third-order valence-corrected chi connectivity index (χ3v) is 5.11. The van der Waals surface area contributed by atoms with Crippen LogP contribution in [0.25, 0.3) is 0 Å². The van der Waals surface area contributed by atoms with Gasteiger partial charge in [0.15, 0.2) is 0 Å². The van der Waals surface area contributed by atoms with Gasteiger partial charge in [-0.15, -0.1) is 0 Å². The van der Waals surface area contributed by atoms with Crippen molar-refractivity contribution in [1.29, 1.82) is 5.26 Å². The molecule has 0 spiro atoms. The van der Waals surface area contributed by atoms with Crippen LogP contribution in [0.15, 0.2) is 24.3 Å². The molecule has 1 aliphatic rings. The maximum Gasteiger partial charge on any atom is 0.214 e. The average molecular weight is 279 g/mol. The van der Waals surface area contributed by atoms with Gasteiger partial charge in [0.1, 0.15) is 0 Å². The highest BCUT2D eigenvalue weighted by atomic mass is 32.2. The molecule has 0 unspecified atom stereocenters. The zero-order chi connectivity index (χ0) is 13.7. The number of sulfonamides is 1. The molecule has 2 rings (SSSR count). The molecule has 102 valence electrons. The molecule has 0 atom stereocenters. The van der Waals surface area contributed by atoms with Crippen molar-refractivity contribution in [2.45, 2.75) is 13.0 Å². The highest BCUT2D eigenvalue weighted by Gasteiger charge is 2.27. The first-order valence-corrected chi connectivity index (χ1v) is 7.90. The van der Waals surface area contributed by atoms with E-state index in [0.717, 1.165) is 12.0 Å². The minimum Gasteiger partial charge on any atom is -0.311 e. The lowest BCUT2D eigenvalue weighted by Crippen LogP contribution is -2.33. The maximum atomic E-state index is 11.6. The molecule has 1 aromatic rings. The molecule has 1 heterocycles. The second-order valence-corrected chi connectivity index (χ2v) is 6.64. The van der Waals surface area contributed by atoms with Crippen molar-refractivity contribution in [3.8, 4) is 6.07 Å². The maximum absolute atomic E-state index is 11.6. The molecule has 0 aliphatic carbocycles. The van der Waals surface area contributed by atoms with Gasteiger partial charge in [-0.1, -0.05) is 12.1 Å². The Balaban J connectivity index is 1.73. The molecule has 0 bridgehead atoms. The highest BCUT2D eigenvalue weighted by molar-refractivity contribution is 7.89. The van der Waals surface area contributed by atoms with Gasteiger partial charge in [-0.3, -0.25) is 0 Å². The zero-order valence-electron chi connectivity index (χ0n) is 10.7. The zero-order valence-corrected chi connectivity index (χ0v) is 11.5. The summed E-state index contributed by atoms with van der Waals surface area (Å²) in [5.74, 6) is 0.280. The molecule has 1 saturated heterocycles. The van der Waals surface area contributed by atoms with E-state index in [1.165, 1.54) is 0 Å². The molecule has 1 N–H and O–H groups in total. The summed E-state index contributed by atoms with van der Waals surface area (Å²) in [7, 11) is -2.98. The van der Waals surface area contributed by atoms with Crippen LogP contribution in [0.3, 0.4) is 0 Å². The smallest absolute Gasteiger partial charge is 0.214 e. The van der Waals surface area contributed by atoms with Gasteiger partial charge in [0.05, 0.1) is 17.4 Å². The minimum atomic E-state index is -2.98. The summed E-state index contributed by atoms with van der Waals surface area (Å²) in [4.78, 5) is 0. The summed E-state index contributed by atoms with van der Waals surface area (Å²) in [6.07, 6.45) is 0.734. The van der Waals surface area contributed by atoms with E-state index in [0.29, 0.717) is 31.7 Å². The van der Waals surface area contributed by atoms with Crippen molar-refractivity contribution in [3.63, 3.8) is 0 Å². The first kappa shape index (κ1) is 14.0. The molecule has 1 aromatic carbocycles. The molecule has 0 aromatic heterocycles. The highest BCUT2D eigenvalue weighted by Crippen LogP contribution is 2.11. The average Bonchev–Trinajstić information content (AvgIpc) is 2.74. The lowest BCUT2D eigenvalue weighted by molar-refractivity contribution is 0.434. The standard InChI is InChI=1S/C13H17N3O2S/c14-10-12-2-4-13(5-3-12)11-15-6-8-16-7-1-9-19(16,17)18/h2-5,15H,1,6-9,11H2.